The number of carbonyl (C=O) groups excluding carboxylic acids is 1. The fraction of sp³-hybridized carbons (Fsp3) is 0.188. The molecule has 0 atom stereocenters. The molecule has 2 heterocycles. The molecule has 0 saturated carbocycles. The molecule has 122 valence electrons. The molecule has 2 aromatic heterocycles. The van der Waals surface area contributed by atoms with E-state index in [-0.39, 0.29) is 5.24 Å². The van der Waals surface area contributed by atoms with Crippen LogP contribution in [0.4, 0.5) is 9.93 Å². The molecule has 5 nitrogen and oxygen atoms in total. The van der Waals surface area contributed by atoms with E-state index in [2.05, 4.69) is 15.4 Å². The first-order valence-electron chi connectivity index (χ1n) is 7.43. The van der Waals surface area contributed by atoms with Gasteiger partial charge in [0, 0.05) is 12.0 Å². The summed E-state index contributed by atoms with van der Waals surface area (Å²) in [7, 11) is 0. The van der Waals surface area contributed by atoms with E-state index >= 15 is 0 Å². The van der Waals surface area contributed by atoms with Crippen molar-refractivity contribution in [2.45, 2.75) is 13.3 Å². The second-order valence-corrected chi connectivity index (χ2v) is 7.84. The number of para-hydroxylation sites is 1. The number of thiazole rings is 1. The summed E-state index contributed by atoms with van der Waals surface area (Å²) in [6.45, 7) is 1.94. The van der Waals surface area contributed by atoms with Crippen LogP contribution in [0.1, 0.15) is 18.2 Å². The Hall–Kier alpha value is -1.83. The first-order chi connectivity index (χ1) is 11.7. The first-order valence-corrected chi connectivity index (χ1v) is 9.61. The smallest absolute Gasteiger partial charge is 0.285 e. The predicted molar refractivity (Wildman–Crippen MR) is 99.6 cm³/mol. The molecule has 1 aromatic carbocycles. The number of nitrogens with one attached hydrogen (secondary N) is 1. The van der Waals surface area contributed by atoms with Crippen LogP contribution in [0.5, 0.6) is 0 Å². The van der Waals surface area contributed by atoms with Crippen molar-refractivity contribution in [3.05, 3.63) is 46.7 Å². The van der Waals surface area contributed by atoms with Gasteiger partial charge in [0.25, 0.3) is 5.24 Å². The van der Waals surface area contributed by atoms with Gasteiger partial charge in [0.2, 0.25) is 0 Å². The van der Waals surface area contributed by atoms with Gasteiger partial charge in [0.1, 0.15) is 0 Å². The maximum Gasteiger partial charge on any atom is 0.285 e. The Balaban J connectivity index is 1.73. The summed E-state index contributed by atoms with van der Waals surface area (Å²) in [6.07, 6.45) is 2.58. The molecule has 1 amide bonds. The minimum absolute atomic E-state index is 0.0789. The fourth-order valence-corrected chi connectivity index (χ4v) is 4.46. The number of amides is 1. The van der Waals surface area contributed by atoms with Crippen LogP contribution in [0.25, 0.3) is 16.3 Å². The number of benzene rings is 1. The summed E-state index contributed by atoms with van der Waals surface area (Å²) in [5.74, 6) is 0.736. The van der Waals surface area contributed by atoms with Crippen molar-refractivity contribution in [3.8, 4) is 16.3 Å². The van der Waals surface area contributed by atoms with E-state index in [1.54, 1.807) is 0 Å². The quantitative estimate of drug-likeness (QED) is 0.555. The van der Waals surface area contributed by atoms with Crippen molar-refractivity contribution < 1.29 is 4.79 Å². The van der Waals surface area contributed by atoms with Gasteiger partial charge in [0.05, 0.1) is 33.2 Å². The number of aromatic nitrogens is 3. The van der Waals surface area contributed by atoms with Crippen LogP contribution in [-0.4, -0.2) is 25.8 Å². The Morgan fingerprint density at radius 3 is 3.08 bits per heavy atom. The van der Waals surface area contributed by atoms with Crippen LogP contribution >= 0.6 is 34.7 Å². The molecule has 1 aliphatic rings. The highest BCUT2D eigenvalue weighted by Crippen LogP contribution is 2.43. The lowest BCUT2D eigenvalue weighted by Crippen LogP contribution is -2.04. The zero-order valence-corrected chi connectivity index (χ0v) is 15.1. The molecule has 3 aromatic rings. The Morgan fingerprint density at radius 1 is 1.46 bits per heavy atom. The van der Waals surface area contributed by atoms with Gasteiger partial charge in [-0.2, -0.15) is 5.10 Å². The summed E-state index contributed by atoms with van der Waals surface area (Å²) in [4.78, 5) is 17.3. The SMILES string of the molecule is CCSC(=O)Nc1nc2c(s1)-c1c(cnn1-c1ccccc1Cl)C2. The summed E-state index contributed by atoms with van der Waals surface area (Å²) in [5.41, 5.74) is 3.96. The van der Waals surface area contributed by atoms with Crippen molar-refractivity contribution in [3.63, 3.8) is 0 Å². The number of fused-ring (bicyclic) bond motifs is 3. The molecule has 24 heavy (non-hydrogen) atoms. The number of carbonyl (C=O) groups is 1. The molecule has 0 spiro atoms. The number of thioether (sulfide) groups is 1. The first kappa shape index (κ1) is 15.7. The summed E-state index contributed by atoms with van der Waals surface area (Å²) in [6, 6.07) is 7.62. The molecule has 1 N–H and O–H groups in total. The van der Waals surface area contributed by atoms with Gasteiger partial charge in [-0.3, -0.25) is 10.1 Å². The fourth-order valence-electron chi connectivity index (χ4n) is 2.70. The normalized spacial score (nSPS) is 12.1. The highest BCUT2D eigenvalue weighted by atomic mass is 35.5. The Labute approximate surface area is 152 Å². The van der Waals surface area contributed by atoms with E-state index in [0.29, 0.717) is 10.2 Å². The Bertz CT molecular complexity index is 934. The lowest BCUT2D eigenvalue weighted by atomic mass is 10.2. The number of nitrogens with zero attached hydrogens (tertiary/aromatic N) is 3. The minimum atomic E-state index is -0.0789. The topological polar surface area (TPSA) is 59.8 Å². The van der Waals surface area contributed by atoms with Gasteiger partial charge in [-0.25, -0.2) is 9.67 Å². The third kappa shape index (κ3) is 2.62. The van der Waals surface area contributed by atoms with Crippen LogP contribution in [0.15, 0.2) is 30.5 Å². The van der Waals surface area contributed by atoms with E-state index < -0.39 is 0 Å². The monoisotopic (exact) mass is 376 g/mol. The molecule has 8 heteroatoms. The van der Waals surface area contributed by atoms with Crippen LogP contribution in [0.2, 0.25) is 5.02 Å². The Kier molecular flexibility index (Phi) is 4.07. The zero-order chi connectivity index (χ0) is 16.7. The van der Waals surface area contributed by atoms with Gasteiger partial charge in [-0.15, -0.1) is 0 Å². The van der Waals surface area contributed by atoms with Crippen molar-refractivity contribution in [2.24, 2.45) is 0 Å². The lowest BCUT2D eigenvalue weighted by molar-refractivity contribution is 0.270. The number of halogens is 1. The van der Waals surface area contributed by atoms with E-state index in [1.807, 2.05) is 42.1 Å². The minimum Gasteiger partial charge on any atom is -0.293 e. The van der Waals surface area contributed by atoms with E-state index in [4.69, 9.17) is 11.6 Å². The van der Waals surface area contributed by atoms with Gasteiger partial charge in [-0.1, -0.05) is 53.8 Å². The molecule has 0 fully saturated rings. The maximum atomic E-state index is 11.8. The number of hydrogen-bond donors (Lipinski definition) is 1. The third-order valence-electron chi connectivity index (χ3n) is 3.68. The average Bonchev–Trinajstić information content (AvgIpc) is 3.19. The third-order valence-corrected chi connectivity index (χ3v) is 5.67. The lowest BCUT2D eigenvalue weighted by Gasteiger charge is -2.07. The number of rotatable bonds is 3. The molecule has 0 unspecified atom stereocenters. The van der Waals surface area contributed by atoms with Crippen molar-refractivity contribution in [1.82, 2.24) is 14.8 Å². The summed E-state index contributed by atoms with van der Waals surface area (Å²) < 4.78 is 1.86. The number of hydrogen-bond acceptors (Lipinski definition) is 5. The summed E-state index contributed by atoms with van der Waals surface area (Å²) in [5, 5.41) is 8.53. The molecular weight excluding hydrogens is 364 g/mol. The maximum absolute atomic E-state index is 11.8. The van der Waals surface area contributed by atoms with Crippen LogP contribution in [-0.2, 0) is 6.42 Å². The molecule has 0 saturated heterocycles. The highest BCUT2D eigenvalue weighted by Gasteiger charge is 2.29. The van der Waals surface area contributed by atoms with E-state index in [0.717, 1.165) is 39.7 Å². The molecule has 4 rings (SSSR count). The number of anilines is 1. The largest absolute Gasteiger partial charge is 0.293 e. The van der Waals surface area contributed by atoms with Crippen LogP contribution < -0.4 is 5.32 Å². The zero-order valence-electron chi connectivity index (χ0n) is 12.7. The van der Waals surface area contributed by atoms with Gasteiger partial charge < -0.3 is 0 Å². The van der Waals surface area contributed by atoms with Gasteiger partial charge in [0.15, 0.2) is 5.13 Å². The van der Waals surface area contributed by atoms with E-state index in [9.17, 15) is 4.79 Å². The molecule has 0 aliphatic heterocycles. The molecule has 0 bridgehead atoms. The Morgan fingerprint density at radius 2 is 2.29 bits per heavy atom. The van der Waals surface area contributed by atoms with Gasteiger partial charge >= 0.3 is 0 Å². The van der Waals surface area contributed by atoms with Crippen molar-refractivity contribution in [2.75, 3.05) is 11.1 Å². The van der Waals surface area contributed by atoms with Gasteiger partial charge in [-0.05, 0) is 17.9 Å². The van der Waals surface area contributed by atoms with Crippen molar-refractivity contribution in [1.29, 1.82) is 0 Å². The average molecular weight is 377 g/mol. The van der Waals surface area contributed by atoms with Crippen molar-refractivity contribution >= 4 is 45.1 Å². The second kappa shape index (κ2) is 6.23. The molecule has 0 radical (unpaired) electrons. The highest BCUT2D eigenvalue weighted by molar-refractivity contribution is 8.13. The predicted octanol–water partition coefficient (Wildman–Crippen LogP) is 4.84. The summed E-state index contributed by atoms with van der Waals surface area (Å²) >= 11 is 9.04. The van der Waals surface area contributed by atoms with Crippen LogP contribution in [0, 0.1) is 0 Å². The van der Waals surface area contributed by atoms with Crippen LogP contribution in [0.3, 0.4) is 0 Å². The standard InChI is InChI=1S/C16H13ClN4OS2/c1-2-23-16(22)20-15-19-11-7-9-8-18-21(13(9)14(11)24-15)12-6-4-3-5-10(12)17/h3-6,8H,2,7H2,1H3,(H,19,20,22). The second-order valence-electron chi connectivity index (χ2n) is 5.20. The molecule has 1 aliphatic carbocycles. The molecular formula is C16H13ClN4OS2. The van der Waals surface area contributed by atoms with E-state index in [1.165, 1.54) is 23.1 Å².